The monoisotopic (exact) mass is 533 g/mol. The number of halogens is 1. The first-order valence-electron chi connectivity index (χ1n) is 9.37. The number of rotatable bonds is 9. The number of hydrogen-bond donors (Lipinski definition) is 3. The first-order valence-corrected chi connectivity index (χ1v) is 10.3. The highest BCUT2D eigenvalue weighted by Gasteiger charge is 2.22. The Morgan fingerprint density at radius 1 is 1.21 bits per heavy atom. The van der Waals surface area contributed by atoms with E-state index in [-0.39, 0.29) is 29.4 Å². The summed E-state index contributed by atoms with van der Waals surface area (Å²) in [4.78, 5) is 6.02. The summed E-state index contributed by atoms with van der Waals surface area (Å²) in [6.45, 7) is 8.06. The fraction of sp³-hybridized carbons (Fsp3) is 0.476. The van der Waals surface area contributed by atoms with E-state index >= 15 is 0 Å². The molecule has 0 aliphatic rings. The average Bonchev–Trinajstić information content (AvgIpc) is 3.25. The maximum absolute atomic E-state index is 10.7. The summed E-state index contributed by atoms with van der Waals surface area (Å²) >= 11 is 1.74. The molecular weight excluding hydrogens is 501 g/mol. The summed E-state index contributed by atoms with van der Waals surface area (Å²) in [7, 11) is 3.19. The number of aliphatic imine (C=N–C) groups is 1. The Labute approximate surface area is 194 Å². The summed E-state index contributed by atoms with van der Waals surface area (Å²) in [5, 5.41) is 19.2. The number of aliphatic hydroxyl groups is 1. The number of thiophene rings is 1. The molecule has 162 valence electrons. The molecular formula is C21H32IN3O3S. The first kappa shape index (κ1) is 25.5. The van der Waals surface area contributed by atoms with E-state index in [1.165, 1.54) is 4.88 Å². The number of aliphatic hydroxyl groups excluding tert-OH is 1. The van der Waals surface area contributed by atoms with E-state index < -0.39 is 6.10 Å². The molecule has 8 heteroatoms. The van der Waals surface area contributed by atoms with E-state index in [1.54, 1.807) is 43.8 Å². The zero-order valence-corrected chi connectivity index (χ0v) is 20.8. The van der Waals surface area contributed by atoms with Crippen molar-refractivity contribution >= 4 is 41.3 Å². The molecule has 0 aliphatic carbocycles. The van der Waals surface area contributed by atoms with Crippen molar-refractivity contribution in [2.75, 3.05) is 33.9 Å². The maximum atomic E-state index is 10.7. The minimum absolute atomic E-state index is 0. The highest BCUT2D eigenvalue weighted by atomic mass is 127. The first-order chi connectivity index (χ1) is 13.4. The second kappa shape index (κ2) is 12.2. The standard InChI is InChI=1S/C21H31N3O3S.HI/c1-6-22-20(24-14-21(2,3)19-8-7-11-28-19)23-13-17(25)16-12-15(26-4)9-10-18(16)27-5;/h7-12,17,25H,6,13-14H2,1-5H3,(H2,22,23,24);1H. The number of benzene rings is 1. The number of nitrogens with one attached hydrogen (secondary N) is 2. The van der Waals surface area contributed by atoms with Crippen molar-refractivity contribution in [3.05, 3.63) is 46.2 Å². The van der Waals surface area contributed by atoms with Crippen LogP contribution in [0.2, 0.25) is 0 Å². The lowest BCUT2D eigenvalue weighted by atomic mass is 9.92. The maximum Gasteiger partial charge on any atom is 0.191 e. The van der Waals surface area contributed by atoms with Crippen LogP contribution >= 0.6 is 35.3 Å². The van der Waals surface area contributed by atoms with Crippen LogP contribution in [0.25, 0.3) is 0 Å². The Morgan fingerprint density at radius 3 is 2.55 bits per heavy atom. The summed E-state index contributed by atoms with van der Waals surface area (Å²) in [5.74, 6) is 1.97. The summed E-state index contributed by atoms with van der Waals surface area (Å²) in [6.07, 6.45) is -0.765. The number of methoxy groups -OCH3 is 2. The quantitative estimate of drug-likeness (QED) is 0.259. The Kier molecular flexibility index (Phi) is 10.8. The van der Waals surface area contributed by atoms with E-state index in [9.17, 15) is 5.11 Å². The molecule has 1 aromatic carbocycles. The molecule has 0 bridgehead atoms. The number of hydrogen-bond acceptors (Lipinski definition) is 5. The summed E-state index contributed by atoms with van der Waals surface area (Å²) in [6, 6.07) is 9.59. The van der Waals surface area contributed by atoms with E-state index in [4.69, 9.17) is 14.5 Å². The van der Waals surface area contributed by atoms with Crippen molar-refractivity contribution in [2.24, 2.45) is 4.99 Å². The van der Waals surface area contributed by atoms with Gasteiger partial charge < -0.3 is 25.2 Å². The fourth-order valence-electron chi connectivity index (χ4n) is 2.76. The van der Waals surface area contributed by atoms with Gasteiger partial charge in [0.1, 0.15) is 11.5 Å². The van der Waals surface area contributed by atoms with Crippen LogP contribution in [0.15, 0.2) is 40.7 Å². The number of guanidine groups is 1. The van der Waals surface area contributed by atoms with Crippen LogP contribution in [0.5, 0.6) is 11.5 Å². The molecule has 0 saturated heterocycles. The molecule has 0 amide bonds. The average molecular weight is 533 g/mol. The zero-order valence-electron chi connectivity index (χ0n) is 17.7. The highest BCUT2D eigenvalue weighted by molar-refractivity contribution is 14.0. The predicted molar refractivity (Wildman–Crippen MR) is 131 cm³/mol. The van der Waals surface area contributed by atoms with Crippen molar-refractivity contribution in [3.8, 4) is 11.5 Å². The summed E-state index contributed by atoms with van der Waals surface area (Å²) in [5.41, 5.74) is 0.620. The molecule has 0 spiro atoms. The van der Waals surface area contributed by atoms with Crippen molar-refractivity contribution < 1.29 is 14.6 Å². The molecule has 2 aromatic rings. The molecule has 6 nitrogen and oxygen atoms in total. The van der Waals surface area contributed by atoms with Gasteiger partial charge in [0, 0.05) is 28.9 Å². The third-order valence-corrected chi connectivity index (χ3v) is 5.66. The van der Waals surface area contributed by atoms with Crippen LogP contribution in [0, 0.1) is 0 Å². The molecule has 0 radical (unpaired) electrons. The fourth-order valence-corrected chi connectivity index (χ4v) is 3.61. The van der Waals surface area contributed by atoms with Gasteiger partial charge in [0.25, 0.3) is 0 Å². The molecule has 29 heavy (non-hydrogen) atoms. The molecule has 3 N–H and O–H groups in total. The van der Waals surface area contributed by atoms with E-state index in [2.05, 4.69) is 42.0 Å². The van der Waals surface area contributed by atoms with Crippen molar-refractivity contribution in [1.82, 2.24) is 10.6 Å². The minimum atomic E-state index is -0.765. The Bertz CT molecular complexity index is 767. The topological polar surface area (TPSA) is 75.1 Å². The summed E-state index contributed by atoms with van der Waals surface area (Å²) < 4.78 is 10.6. The van der Waals surface area contributed by atoms with Crippen LogP contribution in [-0.2, 0) is 5.41 Å². The van der Waals surface area contributed by atoms with Gasteiger partial charge in [0.05, 0.1) is 26.9 Å². The van der Waals surface area contributed by atoms with Gasteiger partial charge in [0.15, 0.2) is 5.96 Å². The molecule has 0 aliphatic heterocycles. The zero-order chi connectivity index (χ0) is 20.6. The third-order valence-electron chi connectivity index (χ3n) is 4.42. The van der Waals surface area contributed by atoms with Crippen molar-refractivity contribution in [2.45, 2.75) is 32.3 Å². The lowest BCUT2D eigenvalue weighted by Crippen LogP contribution is -2.40. The van der Waals surface area contributed by atoms with Gasteiger partial charge in [-0.1, -0.05) is 19.9 Å². The molecule has 0 fully saturated rings. The lowest BCUT2D eigenvalue weighted by Gasteiger charge is -2.22. The van der Waals surface area contributed by atoms with Crippen LogP contribution in [0.1, 0.15) is 37.3 Å². The Balaban J connectivity index is 0.00000420. The van der Waals surface area contributed by atoms with Gasteiger partial charge in [-0.25, -0.2) is 0 Å². The minimum Gasteiger partial charge on any atom is -0.497 e. The van der Waals surface area contributed by atoms with Crippen LogP contribution < -0.4 is 20.1 Å². The van der Waals surface area contributed by atoms with E-state index in [0.29, 0.717) is 36.1 Å². The van der Waals surface area contributed by atoms with Crippen LogP contribution in [-0.4, -0.2) is 44.9 Å². The van der Waals surface area contributed by atoms with Crippen LogP contribution in [0.3, 0.4) is 0 Å². The van der Waals surface area contributed by atoms with Crippen LogP contribution in [0.4, 0.5) is 0 Å². The smallest absolute Gasteiger partial charge is 0.191 e. The lowest BCUT2D eigenvalue weighted by molar-refractivity contribution is 0.176. The van der Waals surface area contributed by atoms with Gasteiger partial charge >= 0.3 is 0 Å². The predicted octanol–water partition coefficient (Wildman–Crippen LogP) is 3.95. The van der Waals surface area contributed by atoms with Gasteiger partial charge in [-0.2, -0.15) is 0 Å². The van der Waals surface area contributed by atoms with Crippen molar-refractivity contribution in [1.29, 1.82) is 0 Å². The van der Waals surface area contributed by atoms with Gasteiger partial charge in [0.2, 0.25) is 0 Å². The molecule has 0 saturated carbocycles. The molecule has 1 unspecified atom stereocenters. The Hall–Kier alpha value is -1.52. The highest BCUT2D eigenvalue weighted by Crippen LogP contribution is 2.29. The second-order valence-corrected chi connectivity index (χ2v) is 8.01. The van der Waals surface area contributed by atoms with E-state index in [1.807, 2.05) is 6.92 Å². The SMILES string of the molecule is CCNC(=NCC(C)(C)c1cccs1)NCC(O)c1cc(OC)ccc1OC.I. The second-order valence-electron chi connectivity index (χ2n) is 7.06. The molecule has 2 rings (SSSR count). The molecule has 1 aromatic heterocycles. The largest absolute Gasteiger partial charge is 0.497 e. The van der Waals surface area contributed by atoms with Crippen molar-refractivity contribution in [3.63, 3.8) is 0 Å². The number of nitrogens with zero attached hydrogens (tertiary/aromatic N) is 1. The van der Waals surface area contributed by atoms with Gasteiger partial charge in [-0.3, -0.25) is 4.99 Å². The third kappa shape index (κ3) is 7.35. The van der Waals surface area contributed by atoms with Gasteiger partial charge in [-0.15, -0.1) is 35.3 Å². The molecule has 1 heterocycles. The van der Waals surface area contributed by atoms with Gasteiger partial charge in [-0.05, 0) is 36.6 Å². The normalized spacial score (nSPS) is 12.7. The molecule has 1 atom stereocenters. The Morgan fingerprint density at radius 2 is 1.97 bits per heavy atom. The number of ether oxygens (including phenoxy) is 2. The van der Waals surface area contributed by atoms with E-state index in [0.717, 1.165) is 6.54 Å².